The largest absolute Gasteiger partial charge is 0.697 e. The van der Waals surface area contributed by atoms with E-state index in [-0.39, 0.29) is 25.0 Å². The van der Waals surface area contributed by atoms with Gasteiger partial charge in [0.15, 0.2) is 0 Å². The molecule has 0 bridgehead atoms. The quantitative estimate of drug-likeness (QED) is 0.296. The number of H-pyrrole nitrogens is 2. The lowest BCUT2D eigenvalue weighted by Gasteiger charge is -2.14. The fourth-order valence-corrected chi connectivity index (χ4v) is 4.83. The monoisotopic (exact) mass is 529 g/mol. The second-order valence-electron chi connectivity index (χ2n) is 8.60. The lowest BCUT2D eigenvalue weighted by atomic mass is 10.2. The molecule has 4 heterocycles. The minimum absolute atomic E-state index is 0.0368. The van der Waals surface area contributed by atoms with E-state index < -0.39 is 74.2 Å². The van der Waals surface area contributed by atoms with Gasteiger partial charge in [-0.3, -0.25) is 28.7 Å². The van der Waals surface area contributed by atoms with Gasteiger partial charge >= 0.3 is 19.6 Å². The molecule has 196 valence electrons. The van der Waals surface area contributed by atoms with Gasteiger partial charge in [-0.15, -0.1) is 9.05 Å². The highest BCUT2D eigenvalue weighted by atomic mass is 31.1. The smallest absolute Gasteiger partial charge is 0.394 e. The third kappa shape index (κ3) is 5.47. The van der Waals surface area contributed by atoms with E-state index in [2.05, 4.69) is 9.97 Å². The summed E-state index contributed by atoms with van der Waals surface area (Å²) in [6.07, 6.45) is -2.80. The van der Waals surface area contributed by atoms with Gasteiger partial charge in [0.05, 0.1) is 12.7 Å². The first-order valence-electron chi connectivity index (χ1n) is 11.1. The number of aliphatic hydroxyl groups is 2. The van der Waals surface area contributed by atoms with Crippen LogP contribution in [0, 0.1) is 13.8 Å². The molecular formula is C20H26N4O11P+. The van der Waals surface area contributed by atoms with Crippen molar-refractivity contribution in [3.05, 3.63) is 65.2 Å². The zero-order valence-electron chi connectivity index (χ0n) is 19.4. The van der Waals surface area contributed by atoms with Crippen LogP contribution in [-0.4, -0.2) is 66.9 Å². The van der Waals surface area contributed by atoms with Crippen molar-refractivity contribution in [1.82, 2.24) is 19.1 Å². The number of aliphatic hydroxyl groups excluding tert-OH is 2. The Hall–Kier alpha value is -2.78. The summed E-state index contributed by atoms with van der Waals surface area (Å²) in [6, 6.07) is 0. The van der Waals surface area contributed by atoms with Crippen LogP contribution in [0.25, 0.3) is 0 Å². The van der Waals surface area contributed by atoms with Crippen LogP contribution in [0.5, 0.6) is 0 Å². The van der Waals surface area contributed by atoms with Crippen molar-refractivity contribution in [2.75, 3.05) is 13.2 Å². The summed E-state index contributed by atoms with van der Waals surface area (Å²) < 4.78 is 36.6. The van der Waals surface area contributed by atoms with Crippen molar-refractivity contribution in [1.29, 1.82) is 0 Å². The first kappa shape index (κ1) is 26.3. The lowest BCUT2D eigenvalue weighted by Crippen LogP contribution is -2.33. The van der Waals surface area contributed by atoms with Crippen LogP contribution in [0.1, 0.15) is 36.4 Å². The van der Waals surface area contributed by atoms with Gasteiger partial charge in [-0.25, -0.2) is 9.59 Å². The highest BCUT2D eigenvalue weighted by Gasteiger charge is 2.44. The molecule has 1 unspecified atom stereocenters. The summed E-state index contributed by atoms with van der Waals surface area (Å²) in [7, 11) is -2.74. The molecule has 7 atom stereocenters. The van der Waals surface area contributed by atoms with E-state index in [9.17, 15) is 34.0 Å². The first-order chi connectivity index (χ1) is 17.1. The van der Waals surface area contributed by atoms with Crippen LogP contribution in [0.15, 0.2) is 31.6 Å². The van der Waals surface area contributed by atoms with Gasteiger partial charge in [0, 0.05) is 40.9 Å². The average molecular weight is 529 g/mol. The second kappa shape index (κ2) is 10.7. The van der Waals surface area contributed by atoms with Gasteiger partial charge in [0.2, 0.25) is 0 Å². The minimum Gasteiger partial charge on any atom is -0.394 e. The Morgan fingerprint density at radius 1 is 0.972 bits per heavy atom. The number of hydrogen-bond acceptors (Lipinski definition) is 11. The Morgan fingerprint density at radius 3 is 2.06 bits per heavy atom. The Morgan fingerprint density at radius 2 is 1.50 bits per heavy atom. The van der Waals surface area contributed by atoms with Crippen LogP contribution in [0.4, 0.5) is 0 Å². The van der Waals surface area contributed by atoms with E-state index >= 15 is 0 Å². The minimum atomic E-state index is -2.74. The maximum atomic E-state index is 12.4. The van der Waals surface area contributed by atoms with Gasteiger partial charge in [0.1, 0.15) is 37.4 Å². The van der Waals surface area contributed by atoms with Crippen LogP contribution in [0.3, 0.4) is 0 Å². The zero-order valence-corrected chi connectivity index (χ0v) is 20.3. The Labute approximate surface area is 203 Å². The zero-order chi connectivity index (χ0) is 26.1. The standard InChI is InChI=1S/C20H25N4O11P/c1-9-5-23(19(29)21-17(9)27)15-3-11(26)14(34-15)8-32-36(31)35-12-4-16(33-13(12)7-25)24-6-10(2)18(28)22-20(24)30/h5-6,11-16,25-26H,3-4,7-8H2,1-2H3,(H-,21,22,27,28,29,30)/p+1/t11-,12-,13+,14+,15+,16+/m0/s1. The summed E-state index contributed by atoms with van der Waals surface area (Å²) in [5, 5.41) is 19.9. The maximum absolute atomic E-state index is 12.4. The molecule has 2 fully saturated rings. The average Bonchev–Trinajstić information content (AvgIpc) is 3.40. The number of aromatic amines is 2. The Bertz CT molecular complexity index is 1360. The number of aryl methyl sites for hydroxylation is 2. The molecule has 2 aromatic heterocycles. The van der Waals surface area contributed by atoms with Crippen molar-refractivity contribution >= 4 is 8.25 Å². The van der Waals surface area contributed by atoms with Crippen molar-refractivity contribution in [3.63, 3.8) is 0 Å². The predicted molar refractivity (Wildman–Crippen MR) is 121 cm³/mol. The molecule has 2 aliphatic rings. The molecular weight excluding hydrogens is 503 g/mol. The molecule has 16 heteroatoms. The second-order valence-corrected chi connectivity index (χ2v) is 9.52. The fourth-order valence-electron chi connectivity index (χ4n) is 4.06. The van der Waals surface area contributed by atoms with Crippen molar-refractivity contribution < 1.29 is 33.3 Å². The van der Waals surface area contributed by atoms with Gasteiger partial charge in [-0.05, 0) is 13.8 Å². The molecule has 36 heavy (non-hydrogen) atoms. The van der Waals surface area contributed by atoms with Crippen molar-refractivity contribution in [2.45, 2.75) is 63.6 Å². The number of hydrogen-bond donors (Lipinski definition) is 4. The highest BCUT2D eigenvalue weighted by Crippen LogP contribution is 2.38. The summed E-state index contributed by atoms with van der Waals surface area (Å²) in [4.78, 5) is 51.7. The molecule has 0 radical (unpaired) electrons. The predicted octanol–water partition coefficient (Wildman–Crippen LogP) is -1.31. The SMILES string of the molecule is Cc1cn([C@H]2C[C@H](O[P+](=O)OC[C@H]3O[C@@H](n4cc(C)c(=O)[nH]c4=O)C[C@@H]3O)[C@@H](CO)O2)c(=O)[nH]c1=O. The number of nitrogens with zero attached hydrogens (tertiary/aromatic N) is 2. The van der Waals surface area contributed by atoms with Gasteiger partial charge in [-0.1, -0.05) is 0 Å². The number of ether oxygens (including phenoxy) is 2. The number of rotatable bonds is 8. The van der Waals surface area contributed by atoms with E-state index in [1.165, 1.54) is 26.2 Å². The molecule has 2 saturated heterocycles. The van der Waals surface area contributed by atoms with E-state index in [1.807, 2.05) is 0 Å². The molecule has 15 nitrogen and oxygen atoms in total. The summed E-state index contributed by atoms with van der Waals surface area (Å²) in [6.45, 7) is 2.23. The van der Waals surface area contributed by atoms with Crippen molar-refractivity contribution in [2.24, 2.45) is 0 Å². The highest BCUT2D eigenvalue weighted by molar-refractivity contribution is 7.33. The third-order valence-electron chi connectivity index (χ3n) is 6.04. The van der Waals surface area contributed by atoms with Crippen LogP contribution in [0.2, 0.25) is 0 Å². The topological polar surface area (TPSA) is 204 Å². The molecule has 0 amide bonds. The molecule has 4 rings (SSSR count). The third-order valence-corrected chi connectivity index (χ3v) is 6.85. The molecule has 2 aromatic rings. The maximum Gasteiger partial charge on any atom is 0.697 e. The summed E-state index contributed by atoms with van der Waals surface area (Å²) in [5.74, 6) is 0. The molecule has 2 aliphatic heterocycles. The fraction of sp³-hybridized carbons (Fsp3) is 0.600. The van der Waals surface area contributed by atoms with Crippen LogP contribution in [-0.2, 0) is 23.1 Å². The van der Waals surface area contributed by atoms with Crippen LogP contribution >= 0.6 is 8.25 Å². The molecule has 0 saturated carbocycles. The normalized spacial score (nSPS) is 28.5. The molecule has 0 spiro atoms. The van der Waals surface area contributed by atoms with Crippen molar-refractivity contribution in [3.8, 4) is 0 Å². The van der Waals surface area contributed by atoms with E-state index in [0.29, 0.717) is 5.56 Å². The molecule has 0 aromatic carbocycles. The Balaban J connectivity index is 1.35. The van der Waals surface area contributed by atoms with E-state index in [0.717, 1.165) is 9.13 Å². The summed E-state index contributed by atoms with van der Waals surface area (Å²) in [5.41, 5.74) is -1.88. The summed E-state index contributed by atoms with van der Waals surface area (Å²) >= 11 is 0. The number of aromatic nitrogens is 4. The van der Waals surface area contributed by atoms with Gasteiger partial charge < -0.3 is 19.7 Å². The van der Waals surface area contributed by atoms with Gasteiger partial charge in [-0.2, -0.15) is 0 Å². The van der Waals surface area contributed by atoms with Crippen LogP contribution < -0.4 is 22.5 Å². The molecule has 4 N–H and O–H groups in total. The van der Waals surface area contributed by atoms with E-state index in [1.54, 1.807) is 0 Å². The van der Waals surface area contributed by atoms with E-state index in [4.69, 9.17) is 18.5 Å². The number of nitrogens with one attached hydrogen (secondary N) is 2. The first-order valence-corrected chi connectivity index (χ1v) is 12.2. The lowest BCUT2D eigenvalue weighted by molar-refractivity contribution is -0.0504. The molecule has 0 aliphatic carbocycles. The van der Waals surface area contributed by atoms with Gasteiger partial charge in [0.25, 0.3) is 11.1 Å². The Kier molecular flexibility index (Phi) is 7.80.